The summed E-state index contributed by atoms with van der Waals surface area (Å²) in [6.07, 6.45) is 4.46. The number of urea groups is 1. The van der Waals surface area contributed by atoms with Gasteiger partial charge in [-0.1, -0.05) is 30.3 Å². The lowest BCUT2D eigenvalue weighted by Crippen LogP contribution is -2.28. The Labute approximate surface area is 188 Å². The van der Waals surface area contributed by atoms with E-state index in [1.807, 2.05) is 42.6 Å². The Kier molecular flexibility index (Phi) is 6.18. The molecule has 3 N–H and O–H groups in total. The highest BCUT2D eigenvalue weighted by Crippen LogP contribution is 2.36. The van der Waals surface area contributed by atoms with Gasteiger partial charge in [0.2, 0.25) is 0 Å². The third-order valence-corrected chi connectivity index (χ3v) is 5.46. The van der Waals surface area contributed by atoms with Gasteiger partial charge in [0.1, 0.15) is 10.8 Å². The summed E-state index contributed by atoms with van der Waals surface area (Å²) in [6.45, 7) is 2.31. The molecule has 3 heterocycles. The van der Waals surface area contributed by atoms with E-state index >= 15 is 0 Å². The highest BCUT2D eigenvalue weighted by molar-refractivity contribution is 7.13. The zero-order valence-corrected chi connectivity index (χ0v) is 17.9. The number of rotatable bonds is 6. The number of hydrogen-bond acceptors (Lipinski definition) is 6. The fourth-order valence-electron chi connectivity index (χ4n) is 3.09. The van der Waals surface area contributed by atoms with Gasteiger partial charge < -0.3 is 10.4 Å². The van der Waals surface area contributed by atoms with Crippen LogP contribution in [0.15, 0.2) is 66.4 Å². The molecule has 2 amide bonds. The molecule has 0 atom stereocenters. The monoisotopic (exact) mass is 445 g/mol. The van der Waals surface area contributed by atoms with E-state index in [1.54, 1.807) is 24.5 Å². The van der Waals surface area contributed by atoms with E-state index in [9.17, 15) is 14.7 Å². The fourth-order valence-corrected chi connectivity index (χ4v) is 3.95. The molecule has 0 aliphatic heterocycles. The fraction of sp³-hybridized carbons (Fsp3) is 0.0870. The van der Waals surface area contributed by atoms with Crippen molar-refractivity contribution in [2.45, 2.75) is 6.92 Å². The van der Waals surface area contributed by atoms with Crippen molar-refractivity contribution in [3.63, 3.8) is 0 Å². The summed E-state index contributed by atoms with van der Waals surface area (Å²) in [5, 5.41) is 17.4. The predicted octanol–water partition coefficient (Wildman–Crippen LogP) is 4.77. The molecule has 0 bridgehead atoms. The van der Waals surface area contributed by atoms with Crippen LogP contribution in [0.3, 0.4) is 0 Å². The summed E-state index contributed by atoms with van der Waals surface area (Å²) < 4.78 is 0. The van der Waals surface area contributed by atoms with Crippen molar-refractivity contribution < 1.29 is 14.7 Å². The van der Waals surface area contributed by atoms with Crippen LogP contribution < -0.4 is 10.6 Å². The quantitative estimate of drug-likeness (QED) is 0.393. The summed E-state index contributed by atoms with van der Waals surface area (Å²) in [6, 6.07) is 12.7. The number of anilines is 1. The number of nitrogens with zero attached hydrogens (tertiary/aromatic N) is 3. The Balaban J connectivity index is 1.80. The molecular weight excluding hydrogens is 426 g/mol. The number of amides is 2. The van der Waals surface area contributed by atoms with E-state index in [-0.39, 0.29) is 11.6 Å². The van der Waals surface area contributed by atoms with Gasteiger partial charge in [0, 0.05) is 52.8 Å². The molecule has 0 saturated heterocycles. The van der Waals surface area contributed by atoms with Gasteiger partial charge in [-0.3, -0.25) is 10.3 Å². The van der Waals surface area contributed by atoms with Gasteiger partial charge in [0.25, 0.3) is 0 Å². The highest BCUT2D eigenvalue weighted by Gasteiger charge is 2.16. The summed E-state index contributed by atoms with van der Waals surface area (Å²) in [5.41, 5.74) is 3.85. The number of aromatic nitrogens is 3. The van der Waals surface area contributed by atoms with Crippen LogP contribution in [0.2, 0.25) is 0 Å². The van der Waals surface area contributed by atoms with Crippen LogP contribution in [0.4, 0.5) is 10.6 Å². The van der Waals surface area contributed by atoms with Gasteiger partial charge in [0.15, 0.2) is 0 Å². The lowest BCUT2D eigenvalue weighted by molar-refractivity contribution is 0.0696. The number of nitrogens with one attached hydrogen (secondary N) is 2. The Morgan fingerprint density at radius 2 is 1.84 bits per heavy atom. The van der Waals surface area contributed by atoms with Crippen molar-refractivity contribution in [2.24, 2.45) is 0 Å². The second kappa shape index (κ2) is 9.36. The molecule has 32 heavy (non-hydrogen) atoms. The maximum Gasteiger partial charge on any atom is 0.337 e. The molecule has 0 aliphatic carbocycles. The van der Waals surface area contributed by atoms with Crippen molar-refractivity contribution in [1.82, 2.24) is 20.3 Å². The van der Waals surface area contributed by atoms with Gasteiger partial charge in [-0.05, 0) is 19.1 Å². The number of pyridine rings is 2. The Bertz CT molecular complexity index is 1270. The Morgan fingerprint density at radius 1 is 1.03 bits per heavy atom. The number of benzene rings is 1. The highest BCUT2D eigenvalue weighted by atomic mass is 32.1. The minimum Gasteiger partial charge on any atom is -0.478 e. The molecule has 9 heteroatoms. The van der Waals surface area contributed by atoms with Gasteiger partial charge in [-0.25, -0.2) is 19.6 Å². The molecule has 0 aliphatic rings. The van der Waals surface area contributed by atoms with Gasteiger partial charge >= 0.3 is 12.0 Å². The number of thiazole rings is 1. The number of carboxylic acids is 1. The van der Waals surface area contributed by atoms with E-state index in [0.29, 0.717) is 34.1 Å². The van der Waals surface area contributed by atoms with E-state index in [4.69, 9.17) is 4.98 Å². The molecule has 0 radical (unpaired) electrons. The first-order valence-corrected chi connectivity index (χ1v) is 10.7. The second-order valence-corrected chi connectivity index (χ2v) is 7.63. The molecule has 4 rings (SSSR count). The Morgan fingerprint density at radius 3 is 2.59 bits per heavy atom. The maximum absolute atomic E-state index is 12.0. The SMILES string of the molecule is CCNC(=O)Nc1cc(-c2nc(-c3ccccc3)cs2)c(-c2cncc(C(=O)O)c2)cn1. The number of hydrogen-bond donors (Lipinski definition) is 3. The smallest absolute Gasteiger partial charge is 0.337 e. The molecule has 3 aromatic heterocycles. The number of carbonyl (C=O) groups is 2. The molecule has 0 spiro atoms. The van der Waals surface area contributed by atoms with Crippen LogP contribution in [0, 0.1) is 0 Å². The van der Waals surface area contributed by atoms with Gasteiger partial charge in [0.05, 0.1) is 11.3 Å². The lowest BCUT2D eigenvalue weighted by atomic mass is 10.0. The topological polar surface area (TPSA) is 117 Å². The number of aromatic carboxylic acids is 1. The van der Waals surface area contributed by atoms with Crippen molar-refractivity contribution in [2.75, 3.05) is 11.9 Å². The lowest BCUT2D eigenvalue weighted by Gasteiger charge is -2.11. The minimum atomic E-state index is -1.07. The first-order chi connectivity index (χ1) is 15.5. The van der Waals surface area contributed by atoms with Crippen molar-refractivity contribution >= 4 is 29.2 Å². The molecule has 1 aromatic carbocycles. The van der Waals surface area contributed by atoms with E-state index in [2.05, 4.69) is 20.6 Å². The van der Waals surface area contributed by atoms with Crippen LogP contribution in [-0.4, -0.2) is 38.6 Å². The normalized spacial score (nSPS) is 10.5. The summed E-state index contributed by atoms with van der Waals surface area (Å²) in [5.74, 6) is -0.711. The molecule has 4 aromatic rings. The van der Waals surface area contributed by atoms with E-state index in [1.165, 1.54) is 17.5 Å². The number of carboxylic acid groups (broad SMARTS) is 1. The molecule has 0 fully saturated rings. The summed E-state index contributed by atoms with van der Waals surface area (Å²) in [7, 11) is 0. The molecule has 8 nitrogen and oxygen atoms in total. The standard InChI is InChI=1S/C23H19N5O3S/c1-2-25-23(31)28-20-9-17(21-27-19(13-32-21)14-6-4-3-5-7-14)18(12-26-20)15-8-16(22(29)30)11-24-10-15/h3-13H,2H2,1H3,(H,29,30)(H2,25,26,28,31). The summed E-state index contributed by atoms with van der Waals surface area (Å²) in [4.78, 5) is 36.6. The third kappa shape index (κ3) is 4.62. The van der Waals surface area contributed by atoms with E-state index < -0.39 is 5.97 Å². The zero-order valence-electron chi connectivity index (χ0n) is 17.1. The van der Waals surface area contributed by atoms with Crippen molar-refractivity contribution in [3.05, 3.63) is 72.0 Å². The van der Waals surface area contributed by atoms with Crippen molar-refractivity contribution in [1.29, 1.82) is 0 Å². The zero-order chi connectivity index (χ0) is 22.5. The number of carbonyl (C=O) groups excluding carboxylic acids is 1. The van der Waals surface area contributed by atoms with Crippen LogP contribution in [0.25, 0.3) is 33.0 Å². The summed E-state index contributed by atoms with van der Waals surface area (Å²) >= 11 is 1.45. The maximum atomic E-state index is 12.0. The van der Waals surface area contributed by atoms with Crippen molar-refractivity contribution in [3.8, 4) is 33.0 Å². The Hall–Kier alpha value is -4.11. The van der Waals surface area contributed by atoms with Crippen LogP contribution in [-0.2, 0) is 0 Å². The molecule has 0 unspecified atom stereocenters. The first-order valence-electron chi connectivity index (χ1n) is 9.80. The van der Waals surface area contributed by atoms with Crippen LogP contribution >= 0.6 is 11.3 Å². The molecule has 0 saturated carbocycles. The average molecular weight is 446 g/mol. The minimum absolute atomic E-state index is 0.0714. The third-order valence-electron chi connectivity index (χ3n) is 4.58. The average Bonchev–Trinajstić information content (AvgIpc) is 3.30. The molecular formula is C23H19N5O3S. The largest absolute Gasteiger partial charge is 0.478 e. The predicted molar refractivity (Wildman–Crippen MR) is 124 cm³/mol. The van der Waals surface area contributed by atoms with Crippen LogP contribution in [0.1, 0.15) is 17.3 Å². The van der Waals surface area contributed by atoms with Crippen LogP contribution in [0.5, 0.6) is 0 Å². The molecule has 160 valence electrons. The van der Waals surface area contributed by atoms with Gasteiger partial charge in [-0.15, -0.1) is 11.3 Å². The second-order valence-electron chi connectivity index (χ2n) is 6.77. The van der Waals surface area contributed by atoms with E-state index in [0.717, 1.165) is 11.3 Å². The van der Waals surface area contributed by atoms with Gasteiger partial charge in [-0.2, -0.15) is 0 Å². The first kappa shape index (κ1) is 21.1.